The normalized spacial score (nSPS) is 17.0. The molecule has 2 heterocycles. The molecule has 1 fully saturated rings. The third-order valence-corrected chi connectivity index (χ3v) is 4.75. The lowest BCUT2D eigenvalue weighted by molar-refractivity contribution is -0.137. The summed E-state index contributed by atoms with van der Waals surface area (Å²) in [5.74, 6) is 0.711. The Bertz CT molecular complexity index is 1030. The number of hydrogen-bond acceptors (Lipinski definition) is 5. The van der Waals surface area contributed by atoms with E-state index in [4.69, 9.17) is 9.26 Å². The van der Waals surface area contributed by atoms with Gasteiger partial charge in [0.1, 0.15) is 5.75 Å². The quantitative estimate of drug-likeness (QED) is 0.650. The summed E-state index contributed by atoms with van der Waals surface area (Å²) in [6, 6.07) is 11.7. The Morgan fingerprint density at radius 3 is 2.62 bits per heavy atom. The molecule has 150 valence electrons. The largest absolute Gasteiger partial charge is 0.497 e. The Labute approximate surface area is 163 Å². The van der Waals surface area contributed by atoms with Crippen LogP contribution in [0.2, 0.25) is 0 Å². The molecule has 1 aromatic heterocycles. The van der Waals surface area contributed by atoms with Gasteiger partial charge in [-0.2, -0.15) is 18.2 Å². The van der Waals surface area contributed by atoms with Crippen LogP contribution >= 0.6 is 0 Å². The van der Waals surface area contributed by atoms with Crippen molar-refractivity contribution in [2.75, 3.05) is 18.6 Å². The monoisotopic (exact) mass is 403 g/mol. The minimum Gasteiger partial charge on any atom is -0.497 e. The maximum atomic E-state index is 12.7. The summed E-state index contributed by atoms with van der Waals surface area (Å²) in [5, 5.41) is 3.86. The molecular formula is C20H16F3N3O3. The van der Waals surface area contributed by atoms with Crippen molar-refractivity contribution < 1.29 is 27.2 Å². The van der Waals surface area contributed by atoms with Gasteiger partial charge in [0.2, 0.25) is 17.6 Å². The first-order valence-electron chi connectivity index (χ1n) is 8.81. The lowest BCUT2D eigenvalue weighted by Gasteiger charge is -2.16. The molecule has 0 bridgehead atoms. The lowest BCUT2D eigenvalue weighted by atomic mass is 10.1. The Hall–Kier alpha value is -3.36. The number of carbonyl (C=O) groups is 1. The van der Waals surface area contributed by atoms with E-state index in [9.17, 15) is 18.0 Å². The van der Waals surface area contributed by atoms with Crippen LogP contribution in [0, 0.1) is 0 Å². The van der Waals surface area contributed by atoms with Crippen LogP contribution in [0.1, 0.15) is 23.8 Å². The smallest absolute Gasteiger partial charge is 0.416 e. The number of amides is 1. The van der Waals surface area contributed by atoms with Gasteiger partial charge in [-0.3, -0.25) is 4.79 Å². The van der Waals surface area contributed by atoms with E-state index in [0.717, 1.165) is 12.1 Å². The Morgan fingerprint density at radius 2 is 1.93 bits per heavy atom. The van der Waals surface area contributed by atoms with E-state index < -0.39 is 11.7 Å². The van der Waals surface area contributed by atoms with E-state index in [1.165, 1.54) is 12.1 Å². The molecule has 0 N–H and O–H groups in total. The number of ether oxygens (including phenoxy) is 1. The number of alkyl halides is 3. The molecule has 9 heteroatoms. The molecule has 3 aromatic rings. The molecule has 1 saturated heterocycles. The highest BCUT2D eigenvalue weighted by Gasteiger charge is 2.35. The number of aromatic nitrogens is 2. The highest BCUT2D eigenvalue weighted by molar-refractivity contribution is 5.96. The van der Waals surface area contributed by atoms with Crippen LogP contribution in [0.3, 0.4) is 0 Å². The van der Waals surface area contributed by atoms with Gasteiger partial charge in [0.05, 0.1) is 18.6 Å². The number of hydrogen-bond donors (Lipinski definition) is 0. The number of nitrogens with zero attached hydrogens (tertiary/aromatic N) is 3. The summed E-state index contributed by atoms with van der Waals surface area (Å²) in [4.78, 5) is 18.4. The highest BCUT2D eigenvalue weighted by Crippen LogP contribution is 2.34. The second kappa shape index (κ2) is 7.23. The number of methoxy groups -OCH3 is 1. The zero-order valence-corrected chi connectivity index (χ0v) is 15.3. The lowest BCUT2D eigenvalue weighted by Crippen LogP contribution is -2.24. The minimum absolute atomic E-state index is 0.0856. The van der Waals surface area contributed by atoms with Crippen LogP contribution < -0.4 is 9.64 Å². The maximum absolute atomic E-state index is 12.7. The molecule has 4 rings (SSSR count). The van der Waals surface area contributed by atoms with Gasteiger partial charge in [-0.1, -0.05) is 23.4 Å². The molecule has 2 aromatic carbocycles. The van der Waals surface area contributed by atoms with Gasteiger partial charge in [0, 0.05) is 30.3 Å². The minimum atomic E-state index is -4.41. The second-order valence-electron chi connectivity index (χ2n) is 6.64. The Kier molecular flexibility index (Phi) is 4.73. The molecule has 1 atom stereocenters. The third kappa shape index (κ3) is 3.80. The SMILES string of the molecule is COc1cccc(N2CC(c3nc(-c4ccc(C(F)(F)F)cc4)no3)CC2=O)c1. The Morgan fingerprint density at radius 1 is 1.17 bits per heavy atom. The van der Waals surface area contributed by atoms with Crippen molar-refractivity contribution in [3.05, 3.63) is 60.0 Å². The molecule has 29 heavy (non-hydrogen) atoms. The first kappa shape index (κ1) is 19.0. The van der Waals surface area contributed by atoms with Crippen molar-refractivity contribution in [3.63, 3.8) is 0 Å². The molecule has 0 saturated carbocycles. The van der Waals surface area contributed by atoms with Crippen LogP contribution in [0.15, 0.2) is 53.1 Å². The van der Waals surface area contributed by atoms with E-state index in [0.29, 0.717) is 23.5 Å². The predicted octanol–water partition coefficient (Wildman–Crippen LogP) is 4.28. The van der Waals surface area contributed by atoms with Gasteiger partial charge in [-0.25, -0.2) is 0 Å². The van der Waals surface area contributed by atoms with Gasteiger partial charge in [-0.15, -0.1) is 0 Å². The van der Waals surface area contributed by atoms with E-state index in [2.05, 4.69) is 10.1 Å². The van der Waals surface area contributed by atoms with Crippen LogP contribution in [-0.2, 0) is 11.0 Å². The number of carbonyl (C=O) groups excluding carboxylic acids is 1. The summed E-state index contributed by atoms with van der Waals surface area (Å²) in [7, 11) is 1.55. The summed E-state index contributed by atoms with van der Waals surface area (Å²) < 4.78 is 48.6. The van der Waals surface area contributed by atoms with Crippen LogP contribution in [0.25, 0.3) is 11.4 Å². The van der Waals surface area contributed by atoms with Gasteiger partial charge in [0.25, 0.3) is 0 Å². The molecule has 1 amide bonds. The van der Waals surface area contributed by atoms with E-state index in [1.807, 2.05) is 6.07 Å². The number of halogens is 3. The Balaban J connectivity index is 1.52. The van der Waals surface area contributed by atoms with Gasteiger partial charge in [0.15, 0.2) is 0 Å². The summed E-state index contributed by atoms with van der Waals surface area (Å²) in [5.41, 5.74) is 0.363. The summed E-state index contributed by atoms with van der Waals surface area (Å²) in [6.45, 7) is 0.362. The van der Waals surface area contributed by atoms with Gasteiger partial charge >= 0.3 is 6.18 Å². The number of anilines is 1. The molecule has 1 aliphatic heterocycles. The van der Waals surface area contributed by atoms with Gasteiger partial charge < -0.3 is 14.2 Å². The average Bonchev–Trinajstić information content (AvgIpc) is 3.34. The second-order valence-corrected chi connectivity index (χ2v) is 6.64. The molecule has 0 radical (unpaired) electrons. The molecule has 0 aliphatic carbocycles. The predicted molar refractivity (Wildman–Crippen MR) is 97.4 cm³/mol. The average molecular weight is 403 g/mol. The third-order valence-electron chi connectivity index (χ3n) is 4.75. The van der Waals surface area contributed by atoms with E-state index >= 15 is 0 Å². The maximum Gasteiger partial charge on any atom is 0.416 e. The fourth-order valence-corrected chi connectivity index (χ4v) is 3.23. The summed E-state index contributed by atoms with van der Waals surface area (Å²) in [6.07, 6.45) is -4.21. The van der Waals surface area contributed by atoms with E-state index in [1.54, 1.807) is 30.2 Å². The van der Waals surface area contributed by atoms with Crippen molar-refractivity contribution in [1.82, 2.24) is 10.1 Å². The van der Waals surface area contributed by atoms with Crippen molar-refractivity contribution in [2.24, 2.45) is 0 Å². The topological polar surface area (TPSA) is 68.5 Å². The zero-order valence-electron chi connectivity index (χ0n) is 15.3. The summed E-state index contributed by atoms with van der Waals surface area (Å²) >= 11 is 0. The standard InChI is InChI=1S/C20H16F3N3O3/c1-28-16-4-2-3-15(10-16)26-11-13(9-17(26)27)19-24-18(25-29-19)12-5-7-14(8-6-12)20(21,22)23/h2-8,10,13H,9,11H2,1H3. The molecule has 6 nitrogen and oxygen atoms in total. The first-order valence-corrected chi connectivity index (χ1v) is 8.81. The molecule has 1 unspecified atom stereocenters. The fourth-order valence-electron chi connectivity index (χ4n) is 3.23. The highest BCUT2D eigenvalue weighted by atomic mass is 19.4. The van der Waals surface area contributed by atoms with Crippen LogP contribution in [-0.4, -0.2) is 29.7 Å². The van der Waals surface area contributed by atoms with Gasteiger partial charge in [-0.05, 0) is 24.3 Å². The van der Waals surface area contributed by atoms with Crippen LogP contribution in [0.4, 0.5) is 18.9 Å². The van der Waals surface area contributed by atoms with Crippen molar-refractivity contribution in [1.29, 1.82) is 0 Å². The van der Waals surface area contributed by atoms with Crippen molar-refractivity contribution in [3.8, 4) is 17.1 Å². The first-order chi connectivity index (χ1) is 13.8. The van der Waals surface area contributed by atoms with E-state index in [-0.39, 0.29) is 30.0 Å². The molecular weight excluding hydrogens is 387 g/mol. The zero-order chi connectivity index (χ0) is 20.6. The van der Waals surface area contributed by atoms with Crippen LogP contribution in [0.5, 0.6) is 5.75 Å². The van der Waals surface area contributed by atoms with Crippen molar-refractivity contribution in [2.45, 2.75) is 18.5 Å². The fraction of sp³-hybridized carbons (Fsp3) is 0.250. The molecule has 1 aliphatic rings. The van der Waals surface area contributed by atoms with Crippen molar-refractivity contribution >= 4 is 11.6 Å². The number of rotatable bonds is 4. The molecule has 0 spiro atoms. The number of benzene rings is 2.